The molecule has 7 nitrogen and oxygen atoms in total. The van der Waals surface area contributed by atoms with Gasteiger partial charge in [0, 0.05) is 39.4 Å². The average Bonchev–Trinajstić information content (AvgIpc) is 2.91. The molecule has 0 spiro atoms. The number of hydrogen-bond donors (Lipinski definition) is 1. The number of guanidine groups is 1. The van der Waals surface area contributed by atoms with Crippen LogP contribution in [0.1, 0.15) is 40.5 Å². The summed E-state index contributed by atoms with van der Waals surface area (Å²) in [6, 6.07) is 0.261. The molecule has 0 saturated carbocycles. The van der Waals surface area contributed by atoms with Gasteiger partial charge in [0.25, 0.3) is 0 Å². The van der Waals surface area contributed by atoms with Crippen molar-refractivity contribution in [3.05, 3.63) is 0 Å². The highest BCUT2D eigenvalue weighted by molar-refractivity contribution is 5.82. The van der Waals surface area contributed by atoms with Crippen LogP contribution in [0.2, 0.25) is 0 Å². The van der Waals surface area contributed by atoms with Gasteiger partial charge < -0.3 is 24.6 Å². The molecule has 1 fully saturated rings. The summed E-state index contributed by atoms with van der Waals surface area (Å²) in [5.74, 6) is 0.972. The molecule has 1 N–H and O–H groups in total. The van der Waals surface area contributed by atoms with E-state index in [9.17, 15) is 4.79 Å². The van der Waals surface area contributed by atoms with Gasteiger partial charge in [-0.3, -0.25) is 4.99 Å². The third kappa shape index (κ3) is 5.54. The van der Waals surface area contributed by atoms with Crippen LogP contribution in [0, 0.1) is 0 Å². The number of aliphatic imine (C=N–C) groups is 1. The first-order chi connectivity index (χ1) is 11.4. The first-order valence-electron chi connectivity index (χ1n) is 9.01. The van der Waals surface area contributed by atoms with Crippen molar-refractivity contribution in [2.45, 2.75) is 52.2 Å². The normalized spacial score (nSPS) is 20.7. The number of piperazine rings is 1. The number of nitrogens with zero attached hydrogens (tertiary/aromatic N) is 3. The predicted molar refractivity (Wildman–Crippen MR) is 94.3 cm³/mol. The summed E-state index contributed by atoms with van der Waals surface area (Å²) in [5.41, 5.74) is -0.450. The zero-order chi connectivity index (χ0) is 17.6. The minimum atomic E-state index is -0.450. The number of rotatable bonds is 6. The number of hydrogen-bond acceptors (Lipinski definition) is 6. The minimum Gasteiger partial charge on any atom is -0.444 e. The van der Waals surface area contributed by atoms with E-state index in [-0.39, 0.29) is 12.1 Å². The van der Waals surface area contributed by atoms with E-state index in [0.29, 0.717) is 13.1 Å². The van der Waals surface area contributed by atoms with Crippen LogP contribution in [-0.2, 0) is 9.47 Å². The Morgan fingerprint density at radius 3 is 2.83 bits per heavy atom. The van der Waals surface area contributed by atoms with Crippen molar-refractivity contribution in [2.75, 3.05) is 45.9 Å². The first-order valence-corrected chi connectivity index (χ1v) is 9.01. The summed E-state index contributed by atoms with van der Waals surface area (Å²) in [5, 5.41) is 3.43. The molecular formula is C17H32N4O3. The molecule has 24 heavy (non-hydrogen) atoms. The number of carbonyl (C=O) groups is 1. The molecule has 2 aliphatic heterocycles. The molecule has 2 aliphatic rings. The monoisotopic (exact) mass is 340 g/mol. The van der Waals surface area contributed by atoms with Crippen LogP contribution in [0.4, 0.5) is 4.79 Å². The molecule has 0 radical (unpaired) electrons. The van der Waals surface area contributed by atoms with Gasteiger partial charge >= 0.3 is 6.09 Å². The van der Waals surface area contributed by atoms with E-state index in [1.807, 2.05) is 27.7 Å². The number of unbranched alkanes of at least 4 members (excludes halogenated alkanes) is 1. The summed E-state index contributed by atoms with van der Waals surface area (Å²) < 4.78 is 10.8. The fraction of sp³-hybridized carbons (Fsp3) is 0.882. The number of nitrogens with one attached hydrogen (secondary N) is 1. The molecule has 2 heterocycles. The van der Waals surface area contributed by atoms with E-state index >= 15 is 0 Å². The molecule has 0 aromatic heterocycles. The van der Waals surface area contributed by atoms with Crippen LogP contribution in [0.25, 0.3) is 0 Å². The van der Waals surface area contributed by atoms with E-state index in [0.717, 1.165) is 51.6 Å². The minimum absolute atomic E-state index is 0.223. The van der Waals surface area contributed by atoms with Crippen LogP contribution >= 0.6 is 0 Å². The summed E-state index contributed by atoms with van der Waals surface area (Å²) in [4.78, 5) is 20.9. The SMILES string of the molecule is CCOCCCCNC1=NCC2CN(C(=O)OC(C)(C)C)CCN12. The maximum Gasteiger partial charge on any atom is 0.410 e. The molecule has 0 aromatic carbocycles. The second-order valence-electron chi connectivity index (χ2n) is 7.27. The van der Waals surface area contributed by atoms with Crippen LogP contribution < -0.4 is 5.32 Å². The highest BCUT2D eigenvalue weighted by Gasteiger charge is 2.36. The molecule has 1 unspecified atom stereocenters. The second kappa shape index (κ2) is 8.55. The Labute approximate surface area is 145 Å². The fourth-order valence-corrected chi connectivity index (χ4v) is 2.90. The molecular weight excluding hydrogens is 308 g/mol. The third-order valence-corrected chi connectivity index (χ3v) is 4.06. The van der Waals surface area contributed by atoms with Crippen molar-refractivity contribution < 1.29 is 14.3 Å². The van der Waals surface area contributed by atoms with Gasteiger partial charge in [0.15, 0.2) is 5.96 Å². The number of ether oxygens (including phenoxy) is 2. The van der Waals surface area contributed by atoms with Crippen molar-refractivity contribution in [2.24, 2.45) is 4.99 Å². The molecule has 0 bridgehead atoms. The van der Waals surface area contributed by atoms with Gasteiger partial charge in [-0.2, -0.15) is 0 Å². The average molecular weight is 340 g/mol. The fourth-order valence-electron chi connectivity index (χ4n) is 2.90. The molecule has 1 atom stereocenters. The van der Waals surface area contributed by atoms with E-state index in [2.05, 4.69) is 15.2 Å². The van der Waals surface area contributed by atoms with Crippen LogP contribution in [0.15, 0.2) is 4.99 Å². The lowest BCUT2D eigenvalue weighted by Crippen LogP contribution is -2.57. The Morgan fingerprint density at radius 2 is 2.12 bits per heavy atom. The quantitative estimate of drug-likeness (QED) is 0.745. The zero-order valence-electron chi connectivity index (χ0n) is 15.5. The smallest absolute Gasteiger partial charge is 0.410 e. The van der Waals surface area contributed by atoms with Crippen molar-refractivity contribution in [1.82, 2.24) is 15.1 Å². The van der Waals surface area contributed by atoms with Gasteiger partial charge in [-0.15, -0.1) is 0 Å². The summed E-state index contributed by atoms with van der Waals surface area (Å²) >= 11 is 0. The van der Waals surface area contributed by atoms with Crippen molar-refractivity contribution in [3.8, 4) is 0 Å². The molecule has 0 aliphatic carbocycles. The van der Waals surface area contributed by atoms with Gasteiger partial charge in [0.2, 0.25) is 0 Å². The van der Waals surface area contributed by atoms with Gasteiger partial charge in [-0.05, 0) is 40.5 Å². The third-order valence-electron chi connectivity index (χ3n) is 4.06. The standard InChI is InChI=1S/C17H32N4O3/c1-5-23-11-7-6-8-18-15-19-12-14-13-20(9-10-21(14)15)16(22)24-17(2,3)4/h14H,5-13H2,1-4H3,(H,18,19). The van der Waals surface area contributed by atoms with Crippen molar-refractivity contribution >= 4 is 12.1 Å². The molecule has 138 valence electrons. The number of fused-ring (bicyclic) bond motifs is 1. The van der Waals surface area contributed by atoms with E-state index in [1.54, 1.807) is 4.90 Å². The van der Waals surface area contributed by atoms with Crippen LogP contribution in [0.5, 0.6) is 0 Å². The lowest BCUT2D eigenvalue weighted by Gasteiger charge is -2.39. The zero-order valence-corrected chi connectivity index (χ0v) is 15.5. The Morgan fingerprint density at radius 1 is 1.33 bits per heavy atom. The number of carbonyl (C=O) groups excluding carboxylic acids is 1. The highest BCUT2D eigenvalue weighted by atomic mass is 16.6. The molecule has 7 heteroatoms. The van der Waals surface area contributed by atoms with Gasteiger partial charge in [-0.25, -0.2) is 4.79 Å². The number of amides is 1. The molecule has 1 saturated heterocycles. The predicted octanol–water partition coefficient (Wildman–Crippen LogP) is 1.68. The second-order valence-corrected chi connectivity index (χ2v) is 7.27. The first kappa shape index (κ1) is 18.8. The Hall–Kier alpha value is -1.50. The van der Waals surface area contributed by atoms with Crippen LogP contribution in [0.3, 0.4) is 0 Å². The van der Waals surface area contributed by atoms with Crippen molar-refractivity contribution in [1.29, 1.82) is 0 Å². The summed E-state index contributed by atoms with van der Waals surface area (Å²) in [7, 11) is 0. The molecule has 0 aromatic rings. The lowest BCUT2D eigenvalue weighted by molar-refractivity contribution is 0.0137. The van der Waals surface area contributed by atoms with E-state index < -0.39 is 5.60 Å². The summed E-state index contributed by atoms with van der Waals surface area (Å²) in [6.07, 6.45) is 1.91. The largest absolute Gasteiger partial charge is 0.444 e. The van der Waals surface area contributed by atoms with E-state index in [4.69, 9.17) is 9.47 Å². The highest BCUT2D eigenvalue weighted by Crippen LogP contribution is 2.18. The molecule has 1 amide bonds. The Balaban J connectivity index is 1.71. The van der Waals surface area contributed by atoms with Gasteiger partial charge in [-0.1, -0.05) is 0 Å². The van der Waals surface area contributed by atoms with Crippen molar-refractivity contribution in [3.63, 3.8) is 0 Å². The maximum atomic E-state index is 12.2. The maximum absolute atomic E-state index is 12.2. The topological polar surface area (TPSA) is 66.4 Å². The lowest BCUT2D eigenvalue weighted by atomic mass is 10.2. The van der Waals surface area contributed by atoms with Gasteiger partial charge in [0.05, 0.1) is 12.6 Å². The summed E-state index contributed by atoms with van der Waals surface area (Å²) in [6.45, 7) is 13.1. The Kier molecular flexibility index (Phi) is 6.71. The van der Waals surface area contributed by atoms with Crippen LogP contribution in [-0.4, -0.2) is 79.4 Å². The van der Waals surface area contributed by atoms with Gasteiger partial charge in [0.1, 0.15) is 5.60 Å². The Bertz CT molecular complexity index is 448. The van der Waals surface area contributed by atoms with E-state index in [1.165, 1.54) is 0 Å². The molecule has 2 rings (SSSR count).